The molecule has 0 saturated carbocycles. The summed E-state index contributed by atoms with van der Waals surface area (Å²) in [6, 6.07) is 0. The molecule has 4 rings (SSSR count). The van der Waals surface area contributed by atoms with Gasteiger partial charge in [0.1, 0.15) is 5.82 Å². The molecule has 6 nitrogen and oxygen atoms in total. The van der Waals surface area contributed by atoms with Crippen molar-refractivity contribution in [3.63, 3.8) is 0 Å². The van der Waals surface area contributed by atoms with Gasteiger partial charge in [-0.15, -0.1) is 0 Å². The van der Waals surface area contributed by atoms with Crippen molar-refractivity contribution in [2.45, 2.75) is 56.5 Å². The first-order valence-electron chi connectivity index (χ1n) is 8.86. The molecule has 0 aliphatic carbocycles. The zero-order valence-corrected chi connectivity index (χ0v) is 14.4. The van der Waals surface area contributed by atoms with Crippen molar-refractivity contribution < 1.29 is 8.42 Å². The minimum Gasteiger partial charge on any atom is -0.318 e. The van der Waals surface area contributed by atoms with Crippen LogP contribution in [-0.4, -0.2) is 48.5 Å². The fraction of sp³-hybridized carbons (Fsp3) is 0.812. The number of imidazole rings is 1. The average molecular weight is 338 g/mol. The molecule has 3 aliphatic heterocycles. The first-order valence-corrected chi connectivity index (χ1v) is 10.3. The summed E-state index contributed by atoms with van der Waals surface area (Å²) in [5, 5.41) is 3.84. The number of rotatable bonds is 2. The van der Waals surface area contributed by atoms with Gasteiger partial charge < -0.3 is 9.88 Å². The maximum Gasteiger partial charge on any atom is 0.260 e. The molecule has 1 atom stereocenters. The van der Waals surface area contributed by atoms with Crippen LogP contribution in [0.4, 0.5) is 0 Å². The topological polar surface area (TPSA) is 67.2 Å². The number of aromatic nitrogens is 2. The van der Waals surface area contributed by atoms with E-state index in [2.05, 4.69) is 10.3 Å². The third-order valence-corrected chi connectivity index (χ3v) is 7.59. The quantitative estimate of drug-likeness (QED) is 0.884. The fourth-order valence-corrected chi connectivity index (χ4v) is 6.13. The maximum atomic E-state index is 13.3. The molecule has 1 N–H and O–H groups in total. The summed E-state index contributed by atoms with van der Waals surface area (Å²) in [5.41, 5.74) is 0.133. The SMILES string of the molecule is O=S(=O)(c1cnc2n1CCCC2)N1CCCCC2(CCNC2)C1. The fourth-order valence-electron chi connectivity index (χ4n) is 4.40. The predicted molar refractivity (Wildman–Crippen MR) is 87.7 cm³/mol. The second-order valence-electron chi connectivity index (χ2n) is 7.34. The highest BCUT2D eigenvalue weighted by Gasteiger charge is 2.41. The van der Waals surface area contributed by atoms with Crippen molar-refractivity contribution in [3.8, 4) is 0 Å². The van der Waals surface area contributed by atoms with Gasteiger partial charge >= 0.3 is 0 Å². The van der Waals surface area contributed by atoms with E-state index in [9.17, 15) is 8.42 Å². The largest absolute Gasteiger partial charge is 0.318 e. The van der Waals surface area contributed by atoms with Crippen molar-refractivity contribution in [1.29, 1.82) is 0 Å². The van der Waals surface area contributed by atoms with Crippen molar-refractivity contribution >= 4 is 10.0 Å². The van der Waals surface area contributed by atoms with Crippen LogP contribution in [0.3, 0.4) is 0 Å². The molecule has 0 radical (unpaired) electrons. The van der Waals surface area contributed by atoms with E-state index < -0.39 is 10.0 Å². The van der Waals surface area contributed by atoms with Gasteiger partial charge in [-0.2, -0.15) is 4.31 Å². The average Bonchev–Trinajstić information content (AvgIpc) is 3.11. The molecule has 4 heterocycles. The monoisotopic (exact) mass is 338 g/mol. The highest BCUT2D eigenvalue weighted by molar-refractivity contribution is 7.89. The lowest BCUT2D eigenvalue weighted by Gasteiger charge is -2.31. The summed E-state index contributed by atoms with van der Waals surface area (Å²) in [4.78, 5) is 4.38. The molecule has 1 aromatic rings. The molecular weight excluding hydrogens is 312 g/mol. The predicted octanol–water partition coefficient (Wildman–Crippen LogP) is 1.37. The van der Waals surface area contributed by atoms with E-state index in [0.29, 0.717) is 18.1 Å². The van der Waals surface area contributed by atoms with Crippen LogP contribution >= 0.6 is 0 Å². The van der Waals surface area contributed by atoms with Crippen LogP contribution in [0.5, 0.6) is 0 Å². The number of sulfonamides is 1. The van der Waals surface area contributed by atoms with Gasteiger partial charge in [0, 0.05) is 32.6 Å². The van der Waals surface area contributed by atoms with Crippen LogP contribution in [0.15, 0.2) is 11.2 Å². The Morgan fingerprint density at radius 2 is 2.00 bits per heavy atom. The van der Waals surface area contributed by atoms with Gasteiger partial charge in [-0.25, -0.2) is 13.4 Å². The van der Waals surface area contributed by atoms with Gasteiger partial charge in [-0.05, 0) is 44.1 Å². The molecule has 2 fully saturated rings. The Bertz CT molecular complexity index is 676. The van der Waals surface area contributed by atoms with Crippen LogP contribution in [0.2, 0.25) is 0 Å². The summed E-state index contributed by atoms with van der Waals surface area (Å²) in [6.07, 6.45) is 8.93. The van der Waals surface area contributed by atoms with Crippen LogP contribution < -0.4 is 5.32 Å². The molecule has 0 amide bonds. The zero-order valence-electron chi connectivity index (χ0n) is 13.6. The van der Waals surface area contributed by atoms with Crippen LogP contribution in [-0.2, 0) is 23.0 Å². The normalized spacial score (nSPS) is 29.6. The Kier molecular flexibility index (Phi) is 3.98. The number of hydrogen-bond acceptors (Lipinski definition) is 4. The smallest absolute Gasteiger partial charge is 0.260 e. The van der Waals surface area contributed by atoms with Crippen LogP contribution in [0.1, 0.15) is 44.3 Å². The van der Waals surface area contributed by atoms with Gasteiger partial charge in [0.15, 0.2) is 5.03 Å². The lowest BCUT2D eigenvalue weighted by Crippen LogP contribution is -2.41. The second kappa shape index (κ2) is 5.86. The molecule has 1 unspecified atom stereocenters. The Morgan fingerprint density at radius 3 is 2.83 bits per heavy atom. The number of nitrogens with zero attached hydrogens (tertiary/aromatic N) is 3. The van der Waals surface area contributed by atoms with E-state index in [1.54, 1.807) is 10.5 Å². The standard InChI is InChI=1S/C16H26N4O2S/c21-23(22,15-11-18-14-5-1-3-10-20(14)15)19-9-4-2-6-16(13-19)7-8-17-12-16/h11,17H,1-10,12-13H2. The highest BCUT2D eigenvalue weighted by atomic mass is 32.2. The summed E-state index contributed by atoms with van der Waals surface area (Å²) in [6.45, 7) is 4.04. The lowest BCUT2D eigenvalue weighted by atomic mass is 9.83. The molecule has 3 aliphatic rings. The molecule has 0 aromatic carbocycles. The molecule has 2 saturated heterocycles. The summed E-state index contributed by atoms with van der Waals surface area (Å²) < 4.78 is 30.2. The van der Waals surface area contributed by atoms with Gasteiger partial charge in [-0.1, -0.05) is 6.42 Å². The van der Waals surface area contributed by atoms with E-state index in [4.69, 9.17) is 0 Å². The number of nitrogens with one attached hydrogen (secondary N) is 1. The molecule has 1 spiro atoms. The van der Waals surface area contributed by atoms with E-state index in [-0.39, 0.29) is 5.41 Å². The molecule has 7 heteroatoms. The Hall–Kier alpha value is -0.920. The van der Waals surface area contributed by atoms with E-state index >= 15 is 0 Å². The third kappa shape index (κ3) is 2.72. The van der Waals surface area contributed by atoms with Crippen molar-refractivity contribution in [3.05, 3.63) is 12.0 Å². The van der Waals surface area contributed by atoms with Gasteiger partial charge in [0.05, 0.1) is 6.20 Å². The number of aryl methyl sites for hydroxylation is 1. The van der Waals surface area contributed by atoms with Gasteiger partial charge in [0.25, 0.3) is 10.0 Å². The minimum absolute atomic E-state index is 0.133. The Balaban J connectivity index is 1.66. The minimum atomic E-state index is -3.44. The lowest BCUT2D eigenvalue weighted by molar-refractivity contribution is 0.244. The van der Waals surface area contributed by atoms with Crippen molar-refractivity contribution in [2.24, 2.45) is 5.41 Å². The summed E-state index contributed by atoms with van der Waals surface area (Å²) in [5.74, 6) is 0.932. The molecule has 1 aromatic heterocycles. The molecule has 0 bridgehead atoms. The van der Waals surface area contributed by atoms with Gasteiger partial charge in [0.2, 0.25) is 0 Å². The van der Waals surface area contributed by atoms with Crippen LogP contribution in [0.25, 0.3) is 0 Å². The number of fused-ring (bicyclic) bond motifs is 1. The summed E-state index contributed by atoms with van der Waals surface area (Å²) in [7, 11) is -3.44. The highest BCUT2D eigenvalue weighted by Crippen LogP contribution is 2.37. The van der Waals surface area contributed by atoms with E-state index in [1.807, 2.05) is 4.57 Å². The van der Waals surface area contributed by atoms with Gasteiger partial charge in [-0.3, -0.25) is 0 Å². The maximum absolute atomic E-state index is 13.3. The zero-order chi connectivity index (χ0) is 15.9. The van der Waals surface area contributed by atoms with Crippen molar-refractivity contribution in [1.82, 2.24) is 19.2 Å². The summed E-state index contributed by atoms with van der Waals surface area (Å²) >= 11 is 0. The molecule has 128 valence electrons. The Morgan fingerprint density at radius 1 is 1.13 bits per heavy atom. The molecule has 23 heavy (non-hydrogen) atoms. The van der Waals surface area contributed by atoms with E-state index in [1.165, 1.54) is 0 Å². The Labute approximate surface area is 138 Å². The van der Waals surface area contributed by atoms with Crippen molar-refractivity contribution in [2.75, 3.05) is 26.2 Å². The number of hydrogen-bond donors (Lipinski definition) is 1. The molecular formula is C16H26N4O2S. The first-order chi connectivity index (χ1) is 11.1. The second-order valence-corrected chi connectivity index (χ2v) is 9.23. The van der Waals surface area contributed by atoms with Crippen LogP contribution in [0, 0.1) is 5.41 Å². The van der Waals surface area contributed by atoms with E-state index in [0.717, 1.165) is 70.4 Å². The third-order valence-electron chi connectivity index (χ3n) is 5.75. The first kappa shape index (κ1) is 15.6.